The Morgan fingerprint density at radius 2 is 1.85 bits per heavy atom. The summed E-state index contributed by atoms with van der Waals surface area (Å²) in [7, 11) is 0. The van der Waals surface area contributed by atoms with E-state index in [1.807, 2.05) is 26.8 Å². The first-order valence-electron chi connectivity index (χ1n) is 9.98. The summed E-state index contributed by atoms with van der Waals surface area (Å²) in [5.74, 6) is -0.327. The minimum absolute atomic E-state index is 0.0840. The van der Waals surface area contributed by atoms with Gasteiger partial charge in [0.2, 0.25) is 11.8 Å². The molecule has 1 fully saturated rings. The van der Waals surface area contributed by atoms with Crippen LogP contribution in [0.3, 0.4) is 0 Å². The van der Waals surface area contributed by atoms with E-state index in [0.717, 1.165) is 25.8 Å². The number of anilines is 1. The van der Waals surface area contributed by atoms with Crippen LogP contribution in [-0.2, 0) is 9.59 Å². The molecule has 3 amide bonds. The second-order valence-electron chi connectivity index (χ2n) is 6.94. The van der Waals surface area contributed by atoms with Crippen molar-refractivity contribution >= 4 is 23.4 Å². The van der Waals surface area contributed by atoms with Crippen LogP contribution in [0.25, 0.3) is 0 Å². The molecule has 1 saturated heterocycles. The van der Waals surface area contributed by atoms with Crippen LogP contribution in [0.5, 0.6) is 0 Å². The molecule has 0 radical (unpaired) electrons. The molecule has 1 unspecified atom stereocenters. The second-order valence-corrected chi connectivity index (χ2v) is 6.94. The van der Waals surface area contributed by atoms with Gasteiger partial charge in [-0.2, -0.15) is 0 Å². The maximum atomic E-state index is 12.8. The van der Waals surface area contributed by atoms with Crippen LogP contribution < -0.4 is 5.32 Å². The number of nitrogens with zero attached hydrogens (tertiary/aromatic N) is 2. The number of hydrogen-bond acceptors (Lipinski definition) is 3. The fourth-order valence-corrected chi connectivity index (χ4v) is 3.48. The van der Waals surface area contributed by atoms with E-state index in [1.54, 1.807) is 28.0 Å². The summed E-state index contributed by atoms with van der Waals surface area (Å²) < 4.78 is 0. The summed E-state index contributed by atoms with van der Waals surface area (Å²) in [6.07, 6.45) is 2.92. The number of amides is 3. The Labute approximate surface area is 161 Å². The number of rotatable bonds is 7. The molecule has 27 heavy (non-hydrogen) atoms. The zero-order chi connectivity index (χ0) is 19.8. The van der Waals surface area contributed by atoms with Crippen molar-refractivity contribution in [2.24, 2.45) is 5.92 Å². The molecule has 0 aromatic heterocycles. The Hall–Kier alpha value is -2.37. The lowest BCUT2D eigenvalue weighted by Crippen LogP contribution is -2.43. The lowest BCUT2D eigenvalue weighted by atomic mass is 9.96. The van der Waals surface area contributed by atoms with E-state index in [2.05, 4.69) is 5.32 Å². The van der Waals surface area contributed by atoms with Crippen molar-refractivity contribution in [2.45, 2.75) is 46.5 Å². The number of carbonyl (C=O) groups is 3. The molecule has 148 valence electrons. The van der Waals surface area contributed by atoms with Gasteiger partial charge >= 0.3 is 0 Å². The summed E-state index contributed by atoms with van der Waals surface area (Å²) in [4.78, 5) is 41.2. The van der Waals surface area contributed by atoms with Gasteiger partial charge in [0, 0.05) is 32.6 Å². The summed E-state index contributed by atoms with van der Waals surface area (Å²) in [5, 5.41) is 2.93. The van der Waals surface area contributed by atoms with Crippen LogP contribution in [0.15, 0.2) is 24.3 Å². The van der Waals surface area contributed by atoms with Crippen LogP contribution in [-0.4, -0.2) is 53.7 Å². The summed E-state index contributed by atoms with van der Waals surface area (Å²) >= 11 is 0. The molecule has 2 rings (SSSR count). The van der Waals surface area contributed by atoms with Gasteiger partial charge in [-0.25, -0.2) is 0 Å². The van der Waals surface area contributed by atoms with Gasteiger partial charge in [-0.3, -0.25) is 14.4 Å². The van der Waals surface area contributed by atoms with Crippen molar-refractivity contribution in [1.82, 2.24) is 9.80 Å². The van der Waals surface area contributed by atoms with Crippen molar-refractivity contribution < 1.29 is 14.4 Å². The van der Waals surface area contributed by atoms with Crippen LogP contribution in [0.2, 0.25) is 0 Å². The largest absolute Gasteiger partial charge is 0.342 e. The van der Waals surface area contributed by atoms with Gasteiger partial charge in [0.05, 0.1) is 17.2 Å². The molecule has 6 heteroatoms. The third-order valence-electron chi connectivity index (χ3n) is 5.07. The summed E-state index contributed by atoms with van der Waals surface area (Å²) in [6.45, 7) is 8.27. The summed E-state index contributed by atoms with van der Waals surface area (Å²) in [6, 6.07) is 7.12. The Morgan fingerprint density at radius 3 is 2.52 bits per heavy atom. The average molecular weight is 373 g/mol. The first-order valence-corrected chi connectivity index (χ1v) is 9.98. The topological polar surface area (TPSA) is 69.7 Å². The van der Waals surface area contributed by atoms with Gasteiger partial charge in [-0.05, 0) is 45.2 Å². The van der Waals surface area contributed by atoms with Gasteiger partial charge in [-0.15, -0.1) is 0 Å². The van der Waals surface area contributed by atoms with Crippen molar-refractivity contribution in [1.29, 1.82) is 0 Å². The maximum absolute atomic E-state index is 12.8. The fourth-order valence-electron chi connectivity index (χ4n) is 3.48. The Balaban J connectivity index is 2.09. The minimum atomic E-state index is -0.240. The monoisotopic (exact) mass is 373 g/mol. The molecule has 1 aliphatic heterocycles. The predicted molar refractivity (Wildman–Crippen MR) is 107 cm³/mol. The van der Waals surface area contributed by atoms with Crippen molar-refractivity contribution in [3.63, 3.8) is 0 Å². The maximum Gasteiger partial charge on any atom is 0.255 e. The van der Waals surface area contributed by atoms with Crippen molar-refractivity contribution in [2.75, 3.05) is 31.5 Å². The average Bonchev–Trinajstić information content (AvgIpc) is 2.69. The first kappa shape index (κ1) is 20.9. The normalized spacial score (nSPS) is 16.7. The van der Waals surface area contributed by atoms with Gasteiger partial charge in [0.15, 0.2) is 0 Å². The molecule has 1 N–H and O–H groups in total. The van der Waals surface area contributed by atoms with Gasteiger partial charge in [0.25, 0.3) is 5.91 Å². The van der Waals surface area contributed by atoms with Gasteiger partial charge < -0.3 is 15.1 Å². The lowest BCUT2D eigenvalue weighted by Gasteiger charge is -2.32. The molecule has 1 aliphatic rings. The Morgan fingerprint density at radius 1 is 1.15 bits per heavy atom. The highest BCUT2D eigenvalue weighted by Crippen LogP contribution is 2.22. The van der Waals surface area contributed by atoms with E-state index in [1.165, 1.54) is 0 Å². The molecule has 1 atom stereocenters. The van der Waals surface area contributed by atoms with E-state index < -0.39 is 0 Å². The Bertz CT molecular complexity index is 670. The molecular formula is C21H31N3O3. The van der Waals surface area contributed by atoms with Crippen molar-refractivity contribution in [3.05, 3.63) is 29.8 Å². The zero-order valence-corrected chi connectivity index (χ0v) is 16.7. The molecule has 0 spiro atoms. The van der Waals surface area contributed by atoms with Crippen LogP contribution in [0.1, 0.15) is 56.8 Å². The molecule has 0 saturated carbocycles. The highest BCUT2D eigenvalue weighted by Gasteiger charge is 2.29. The van der Waals surface area contributed by atoms with Crippen LogP contribution in [0, 0.1) is 5.92 Å². The predicted octanol–water partition coefficient (Wildman–Crippen LogP) is 3.15. The van der Waals surface area contributed by atoms with E-state index in [9.17, 15) is 14.4 Å². The van der Waals surface area contributed by atoms with Gasteiger partial charge in [0.1, 0.15) is 0 Å². The number of benzene rings is 1. The minimum Gasteiger partial charge on any atom is -0.342 e. The Kier molecular flexibility index (Phi) is 7.82. The molecule has 0 aliphatic carbocycles. The quantitative estimate of drug-likeness (QED) is 0.798. The molecule has 1 aromatic carbocycles. The zero-order valence-electron chi connectivity index (χ0n) is 16.7. The van der Waals surface area contributed by atoms with E-state index in [-0.39, 0.29) is 23.6 Å². The molecular weight excluding hydrogens is 342 g/mol. The highest BCUT2D eigenvalue weighted by atomic mass is 16.2. The van der Waals surface area contributed by atoms with E-state index in [0.29, 0.717) is 37.3 Å². The third kappa shape index (κ3) is 5.31. The number of carbonyl (C=O) groups excluding carboxylic acids is 3. The van der Waals surface area contributed by atoms with Crippen LogP contribution >= 0.6 is 0 Å². The fraction of sp³-hybridized carbons (Fsp3) is 0.571. The number of hydrogen-bond donors (Lipinski definition) is 1. The second kappa shape index (κ2) is 10.1. The number of para-hydroxylation sites is 1. The highest BCUT2D eigenvalue weighted by molar-refractivity contribution is 6.04. The van der Waals surface area contributed by atoms with E-state index in [4.69, 9.17) is 0 Å². The smallest absolute Gasteiger partial charge is 0.255 e. The number of nitrogens with one attached hydrogen (secondary N) is 1. The summed E-state index contributed by atoms with van der Waals surface area (Å²) in [5.41, 5.74) is 1.04. The molecule has 1 aromatic rings. The third-order valence-corrected chi connectivity index (χ3v) is 5.07. The lowest BCUT2D eigenvalue weighted by molar-refractivity contribution is -0.134. The standard InChI is InChI=1S/C21H31N3O3/c1-4-10-19(25)24-14-9-11-16(15-24)20(26)22-18-13-8-7-12-17(18)21(27)23(5-2)6-3/h7-8,12-13,16H,4-6,9-11,14-15H2,1-3H3,(H,22,26). The van der Waals surface area contributed by atoms with Gasteiger partial charge in [-0.1, -0.05) is 19.1 Å². The SMILES string of the molecule is CCCC(=O)N1CCCC(C(=O)Nc2ccccc2C(=O)N(CC)CC)C1. The van der Waals surface area contributed by atoms with Crippen molar-refractivity contribution in [3.8, 4) is 0 Å². The molecule has 0 bridgehead atoms. The molecule has 6 nitrogen and oxygen atoms in total. The number of piperidine rings is 1. The molecule has 1 heterocycles. The first-order chi connectivity index (χ1) is 13.0. The van der Waals surface area contributed by atoms with Crippen LogP contribution in [0.4, 0.5) is 5.69 Å². The number of likely N-dealkylation sites (tertiary alicyclic amines) is 1. The van der Waals surface area contributed by atoms with E-state index >= 15 is 0 Å².